The standard InChI is InChI=1S/C12H17NO3/c1-8-4-5-10(9(2)14)11(6-8)16-7-12(15)13-3/h4-6,9,14H,7H2,1-3H3,(H,13,15)/t9-/m0/s1. The number of ether oxygens (including phenoxy) is 1. The largest absolute Gasteiger partial charge is 0.483 e. The highest BCUT2D eigenvalue weighted by Crippen LogP contribution is 2.26. The molecule has 1 aromatic rings. The van der Waals surface area contributed by atoms with Crippen molar-refractivity contribution in [2.75, 3.05) is 13.7 Å². The molecule has 0 aliphatic carbocycles. The summed E-state index contributed by atoms with van der Waals surface area (Å²) in [7, 11) is 1.55. The van der Waals surface area contributed by atoms with E-state index < -0.39 is 6.10 Å². The third-order valence-corrected chi connectivity index (χ3v) is 2.26. The van der Waals surface area contributed by atoms with Crippen molar-refractivity contribution in [2.45, 2.75) is 20.0 Å². The first-order chi connectivity index (χ1) is 7.54. The summed E-state index contributed by atoms with van der Waals surface area (Å²) in [5.41, 5.74) is 1.71. The molecule has 0 heterocycles. The molecule has 0 aromatic heterocycles. The molecule has 1 amide bonds. The Morgan fingerprint density at radius 1 is 1.56 bits per heavy atom. The Hall–Kier alpha value is -1.55. The third kappa shape index (κ3) is 3.24. The van der Waals surface area contributed by atoms with Crippen LogP contribution in [-0.2, 0) is 4.79 Å². The minimum absolute atomic E-state index is 0.0420. The number of aryl methyl sites for hydroxylation is 1. The second-order valence-corrected chi connectivity index (χ2v) is 3.68. The molecule has 0 saturated heterocycles. The summed E-state index contributed by atoms with van der Waals surface area (Å²) in [4.78, 5) is 11.1. The minimum Gasteiger partial charge on any atom is -0.483 e. The normalized spacial score (nSPS) is 12.0. The van der Waals surface area contributed by atoms with Crippen LogP contribution in [0.25, 0.3) is 0 Å². The van der Waals surface area contributed by atoms with Gasteiger partial charge in [0, 0.05) is 12.6 Å². The van der Waals surface area contributed by atoms with Crippen LogP contribution in [0.15, 0.2) is 18.2 Å². The molecule has 1 atom stereocenters. The fraction of sp³-hybridized carbons (Fsp3) is 0.417. The van der Waals surface area contributed by atoms with Crippen LogP contribution < -0.4 is 10.1 Å². The molecule has 0 aliphatic heterocycles. The van der Waals surface area contributed by atoms with E-state index in [1.54, 1.807) is 20.0 Å². The van der Waals surface area contributed by atoms with Gasteiger partial charge in [-0.2, -0.15) is 0 Å². The number of rotatable bonds is 4. The maximum absolute atomic E-state index is 11.1. The van der Waals surface area contributed by atoms with Crippen LogP contribution in [0.3, 0.4) is 0 Å². The fourth-order valence-corrected chi connectivity index (χ4v) is 1.33. The predicted molar refractivity (Wildman–Crippen MR) is 61.4 cm³/mol. The molecule has 16 heavy (non-hydrogen) atoms. The Kier molecular flexibility index (Phi) is 4.31. The molecule has 0 saturated carbocycles. The zero-order valence-corrected chi connectivity index (χ0v) is 9.78. The molecule has 0 aliphatic rings. The van der Waals surface area contributed by atoms with Crippen molar-refractivity contribution in [2.24, 2.45) is 0 Å². The number of likely N-dealkylation sites (N-methyl/N-ethyl adjacent to an activating group) is 1. The number of hydrogen-bond donors (Lipinski definition) is 2. The van der Waals surface area contributed by atoms with E-state index >= 15 is 0 Å². The molecule has 0 spiro atoms. The first-order valence-electron chi connectivity index (χ1n) is 5.16. The molecular weight excluding hydrogens is 206 g/mol. The van der Waals surface area contributed by atoms with E-state index in [9.17, 15) is 9.90 Å². The summed E-state index contributed by atoms with van der Waals surface area (Å²) in [6, 6.07) is 5.51. The number of hydrogen-bond acceptors (Lipinski definition) is 3. The fourth-order valence-electron chi connectivity index (χ4n) is 1.33. The first kappa shape index (κ1) is 12.5. The van der Waals surface area contributed by atoms with Gasteiger partial charge in [0.15, 0.2) is 6.61 Å². The quantitative estimate of drug-likeness (QED) is 0.805. The minimum atomic E-state index is -0.611. The molecule has 0 fully saturated rings. The van der Waals surface area contributed by atoms with E-state index in [1.165, 1.54) is 0 Å². The van der Waals surface area contributed by atoms with Gasteiger partial charge >= 0.3 is 0 Å². The summed E-state index contributed by atoms with van der Waals surface area (Å²) in [6.07, 6.45) is -0.611. The Balaban J connectivity index is 2.84. The van der Waals surface area contributed by atoms with Gasteiger partial charge in [-0.25, -0.2) is 0 Å². The molecule has 0 radical (unpaired) electrons. The van der Waals surface area contributed by atoms with Gasteiger partial charge in [-0.15, -0.1) is 0 Å². The number of carbonyl (C=O) groups excluding carboxylic acids is 1. The maximum atomic E-state index is 11.1. The van der Waals surface area contributed by atoms with Crippen LogP contribution in [-0.4, -0.2) is 24.7 Å². The molecule has 88 valence electrons. The van der Waals surface area contributed by atoms with Gasteiger partial charge in [-0.3, -0.25) is 4.79 Å². The number of benzene rings is 1. The zero-order valence-electron chi connectivity index (χ0n) is 9.78. The highest BCUT2D eigenvalue weighted by Gasteiger charge is 2.10. The van der Waals surface area contributed by atoms with Crippen molar-refractivity contribution in [3.05, 3.63) is 29.3 Å². The van der Waals surface area contributed by atoms with Gasteiger partial charge in [-0.1, -0.05) is 12.1 Å². The summed E-state index contributed by atoms with van der Waals surface area (Å²) >= 11 is 0. The molecule has 1 aromatic carbocycles. The number of carbonyl (C=O) groups is 1. The van der Waals surface area contributed by atoms with Crippen LogP contribution in [0, 0.1) is 6.92 Å². The van der Waals surface area contributed by atoms with Crippen molar-refractivity contribution in [3.8, 4) is 5.75 Å². The summed E-state index contributed by atoms with van der Waals surface area (Å²) in [5, 5.41) is 12.0. The van der Waals surface area contributed by atoms with Crippen LogP contribution >= 0.6 is 0 Å². The second-order valence-electron chi connectivity index (χ2n) is 3.68. The van der Waals surface area contributed by atoms with Gasteiger partial charge in [0.25, 0.3) is 5.91 Å². The molecule has 1 rings (SSSR count). The molecule has 4 nitrogen and oxygen atoms in total. The number of aliphatic hydroxyl groups is 1. The lowest BCUT2D eigenvalue weighted by atomic mass is 10.1. The first-order valence-corrected chi connectivity index (χ1v) is 5.16. The lowest BCUT2D eigenvalue weighted by Crippen LogP contribution is -2.25. The van der Waals surface area contributed by atoms with E-state index in [0.29, 0.717) is 11.3 Å². The average molecular weight is 223 g/mol. The molecule has 0 bridgehead atoms. The van der Waals surface area contributed by atoms with Crippen molar-refractivity contribution in [3.63, 3.8) is 0 Å². The summed E-state index contributed by atoms with van der Waals surface area (Å²) in [6.45, 7) is 3.55. The Bertz CT molecular complexity index is 375. The van der Waals surface area contributed by atoms with Crippen LogP contribution in [0.5, 0.6) is 5.75 Å². The van der Waals surface area contributed by atoms with Crippen molar-refractivity contribution >= 4 is 5.91 Å². The zero-order chi connectivity index (χ0) is 12.1. The second kappa shape index (κ2) is 5.51. The summed E-state index contributed by atoms with van der Waals surface area (Å²) < 4.78 is 5.36. The summed E-state index contributed by atoms with van der Waals surface area (Å²) in [5.74, 6) is 0.358. The number of aliphatic hydroxyl groups excluding tert-OH is 1. The highest BCUT2D eigenvalue weighted by atomic mass is 16.5. The number of nitrogens with one attached hydrogen (secondary N) is 1. The highest BCUT2D eigenvalue weighted by molar-refractivity contribution is 5.77. The Morgan fingerprint density at radius 3 is 2.81 bits per heavy atom. The van der Waals surface area contributed by atoms with Crippen molar-refractivity contribution < 1.29 is 14.6 Å². The Labute approximate surface area is 95.2 Å². The van der Waals surface area contributed by atoms with Crippen LogP contribution in [0.2, 0.25) is 0 Å². The van der Waals surface area contributed by atoms with E-state index in [2.05, 4.69) is 5.32 Å². The molecule has 2 N–H and O–H groups in total. The SMILES string of the molecule is CNC(=O)COc1cc(C)ccc1[C@H](C)O. The van der Waals surface area contributed by atoms with Crippen molar-refractivity contribution in [1.29, 1.82) is 0 Å². The van der Waals surface area contributed by atoms with E-state index in [4.69, 9.17) is 4.74 Å². The van der Waals surface area contributed by atoms with E-state index in [0.717, 1.165) is 5.56 Å². The van der Waals surface area contributed by atoms with Gasteiger partial charge in [0.2, 0.25) is 0 Å². The van der Waals surface area contributed by atoms with Gasteiger partial charge in [0.1, 0.15) is 5.75 Å². The Morgan fingerprint density at radius 2 is 2.25 bits per heavy atom. The molecule has 0 unspecified atom stereocenters. The van der Waals surface area contributed by atoms with E-state index in [-0.39, 0.29) is 12.5 Å². The van der Waals surface area contributed by atoms with Crippen LogP contribution in [0.4, 0.5) is 0 Å². The van der Waals surface area contributed by atoms with Gasteiger partial charge in [0.05, 0.1) is 6.10 Å². The van der Waals surface area contributed by atoms with E-state index in [1.807, 2.05) is 19.1 Å². The lowest BCUT2D eigenvalue weighted by Gasteiger charge is -2.13. The van der Waals surface area contributed by atoms with Gasteiger partial charge in [-0.05, 0) is 25.5 Å². The average Bonchev–Trinajstić information content (AvgIpc) is 2.25. The monoisotopic (exact) mass is 223 g/mol. The predicted octanol–water partition coefficient (Wildman–Crippen LogP) is 1.17. The molecule has 4 heteroatoms. The number of amides is 1. The van der Waals surface area contributed by atoms with Crippen LogP contribution in [0.1, 0.15) is 24.2 Å². The maximum Gasteiger partial charge on any atom is 0.257 e. The van der Waals surface area contributed by atoms with Gasteiger partial charge < -0.3 is 15.2 Å². The third-order valence-electron chi connectivity index (χ3n) is 2.26. The van der Waals surface area contributed by atoms with Crippen molar-refractivity contribution in [1.82, 2.24) is 5.32 Å². The topological polar surface area (TPSA) is 58.6 Å². The lowest BCUT2D eigenvalue weighted by molar-refractivity contribution is -0.122. The molecular formula is C12H17NO3. The smallest absolute Gasteiger partial charge is 0.257 e.